The van der Waals surface area contributed by atoms with Crippen LogP contribution in [0.25, 0.3) is 0 Å². The van der Waals surface area contributed by atoms with Gasteiger partial charge in [-0.3, -0.25) is 9.36 Å². The number of nitrogens with zero attached hydrogens (tertiary/aromatic N) is 1. The molecule has 0 saturated heterocycles. The zero-order valence-electron chi connectivity index (χ0n) is 51.2. The molecule has 0 bridgehead atoms. The lowest BCUT2D eigenvalue weighted by Crippen LogP contribution is -2.46. The largest absolute Gasteiger partial charge is 0.756 e. The molecule has 3 atom stereocenters. The van der Waals surface area contributed by atoms with Gasteiger partial charge in [0.05, 0.1) is 39.9 Å². The summed E-state index contributed by atoms with van der Waals surface area (Å²) in [5.74, 6) is -0.164. The lowest BCUT2D eigenvalue weighted by molar-refractivity contribution is -0.870. The van der Waals surface area contributed by atoms with Crippen LogP contribution in [0.3, 0.4) is 0 Å². The van der Waals surface area contributed by atoms with Gasteiger partial charge in [-0.05, 0) is 51.4 Å². The van der Waals surface area contributed by atoms with Crippen LogP contribution in [-0.2, 0) is 18.4 Å². The molecule has 0 saturated carbocycles. The Kier molecular flexibility index (Phi) is 56.9. The Morgan fingerprint density at radius 3 is 1.17 bits per heavy atom. The molecule has 0 aliphatic rings. The fourth-order valence-electron chi connectivity index (χ4n) is 9.98. The van der Waals surface area contributed by atoms with E-state index in [9.17, 15) is 19.4 Å². The number of hydrogen-bond donors (Lipinski definition) is 2. The Labute approximate surface area is 473 Å². The smallest absolute Gasteiger partial charge is 0.268 e. The first kappa shape index (κ1) is 74.5. The molecule has 0 spiro atoms. The quantitative estimate of drug-likeness (QED) is 0.0272. The minimum absolute atomic E-state index is 0.0116. The van der Waals surface area contributed by atoms with Gasteiger partial charge in [-0.1, -0.05) is 313 Å². The van der Waals surface area contributed by atoms with Crippen molar-refractivity contribution in [3.8, 4) is 0 Å². The first-order valence-electron chi connectivity index (χ1n) is 33.0. The number of aliphatic hydroxyl groups is 1. The van der Waals surface area contributed by atoms with E-state index in [-0.39, 0.29) is 19.1 Å². The predicted octanol–water partition coefficient (Wildman–Crippen LogP) is 20.0. The molecule has 9 heteroatoms. The predicted molar refractivity (Wildman–Crippen MR) is 330 cm³/mol. The number of unbranched alkanes of at least 4 members (excludes halogenated alkanes) is 40. The summed E-state index contributed by atoms with van der Waals surface area (Å²) < 4.78 is 23.5. The summed E-state index contributed by atoms with van der Waals surface area (Å²) in [5.41, 5.74) is 0. The molecule has 0 fully saturated rings. The number of phosphoric acid groups is 1. The number of carbonyl (C=O) groups is 1. The van der Waals surface area contributed by atoms with Crippen LogP contribution in [0.15, 0.2) is 48.6 Å². The van der Waals surface area contributed by atoms with Crippen molar-refractivity contribution in [2.75, 3.05) is 40.9 Å². The van der Waals surface area contributed by atoms with Gasteiger partial charge in [0.15, 0.2) is 0 Å². The maximum atomic E-state index is 13.0. The van der Waals surface area contributed by atoms with Crippen molar-refractivity contribution in [1.82, 2.24) is 5.32 Å². The van der Waals surface area contributed by atoms with Gasteiger partial charge in [0.2, 0.25) is 5.91 Å². The molecule has 8 nitrogen and oxygen atoms in total. The van der Waals surface area contributed by atoms with Gasteiger partial charge in [-0.25, -0.2) is 0 Å². The van der Waals surface area contributed by atoms with E-state index in [0.717, 1.165) is 64.2 Å². The van der Waals surface area contributed by atoms with E-state index in [1.54, 1.807) is 0 Å². The van der Waals surface area contributed by atoms with Crippen molar-refractivity contribution < 1.29 is 32.9 Å². The molecular weight excluding hydrogens is 960 g/mol. The molecule has 2 N–H and O–H groups in total. The van der Waals surface area contributed by atoms with E-state index in [1.807, 2.05) is 21.1 Å². The second-order valence-corrected chi connectivity index (χ2v) is 25.2. The van der Waals surface area contributed by atoms with Gasteiger partial charge in [0, 0.05) is 6.42 Å². The van der Waals surface area contributed by atoms with Crippen LogP contribution in [0.5, 0.6) is 0 Å². The Hall–Kier alpha value is -1.54. The van der Waals surface area contributed by atoms with Gasteiger partial charge in [0.1, 0.15) is 13.2 Å². The van der Waals surface area contributed by atoms with Crippen LogP contribution in [0.2, 0.25) is 0 Å². The van der Waals surface area contributed by atoms with Crippen LogP contribution in [-0.4, -0.2) is 68.5 Å². The van der Waals surface area contributed by atoms with Crippen LogP contribution < -0.4 is 10.2 Å². The van der Waals surface area contributed by atoms with Crippen molar-refractivity contribution in [3.63, 3.8) is 0 Å². The van der Waals surface area contributed by atoms with E-state index >= 15 is 0 Å². The number of amides is 1. The SMILES string of the molecule is CC/C=C\C/C=C\C/C=C\C/C=C\CCCCCCCCCCCCCCC(=O)NC(COP(=O)([O-])OCC[N+](C)(C)C)C(O)CCCCCCCCCCCCCCCCCCCCCCCCCCCCCCC. The number of rotatable bonds is 61. The number of allylic oxidation sites excluding steroid dienone is 8. The third-order valence-corrected chi connectivity index (χ3v) is 16.0. The molecule has 0 rings (SSSR count). The molecule has 0 aromatic rings. The van der Waals surface area contributed by atoms with E-state index in [4.69, 9.17) is 9.05 Å². The van der Waals surface area contributed by atoms with Gasteiger partial charge in [-0.2, -0.15) is 0 Å². The number of likely N-dealkylation sites (N-methyl/N-ethyl adjacent to an activating group) is 1. The van der Waals surface area contributed by atoms with Crippen molar-refractivity contribution in [2.45, 2.75) is 334 Å². The lowest BCUT2D eigenvalue weighted by atomic mass is 10.0. The number of aliphatic hydroxyl groups excluding tert-OH is 1. The highest BCUT2D eigenvalue weighted by atomic mass is 31.2. The van der Waals surface area contributed by atoms with Crippen LogP contribution in [0.1, 0.15) is 322 Å². The average Bonchev–Trinajstić information content (AvgIpc) is 3.38. The molecule has 76 heavy (non-hydrogen) atoms. The number of nitrogens with one attached hydrogen (secondary N) is 1. The zero-order chi connectivity index (χ0) is 55.6. The number of phosphoric ester groups is 1. The van der Waals surface area contributed by atoms with Crippen LogP contribution in [0.4, 0.5) is 0 Å². The number of quaternary nitrogens is 1. The summed E-state index contributed by atoms with van der Waals surface area (Å²) in [6.45, 7) is 4.65. The summed E-state index contributed by atoms with van der Waals surface area (Å²) >= 11 is 0. The molecule has 0 radical (unpaired) electrons. The minimum Gasteiger partial charge on any atom is -0.756 e. The highest BCUT2D eigenvalue weighted by molar-refractivity contribution is 7.45. The Bertz CT molecular complexity index is 1380. The summed E-state index contributed by atoms with van der Waals surface area (Å²) in [6, 6.07) is -0.805. The second-order valence-electron chi connectivity index (χ2n) is 23.8. The monoisotopic (exact) mass is 1090 g/mol. The second kappa shape index (κ2) is 58.1. The van der Waals surface area contributed by atoms with Gasteiger partial charge in [0.25, 0.3) is 7.82 Å². The molecular formula is C67H129N2O6P. The molecule has 0 aliphatic heterocycles. The highest BCUT2D eigenvalue weighted by Gasteiger charge is 2.24. The van der Waals surface area contributed by atoms with E-state index < -0.39 is 20.0 Å². The van der Waals surface area contributed by atoms with E-state index in [0.29, 0.717) is 23.9 Å². The lowest BCUT2D eigenvalue weighted by Gasteiger charge is -2.30. The Balaban J connectivity index is 4.06. The molecule has 0 aliphatic carbocycles. The molecule has 448 valence electrons. The molecule has 1 amide bonds. The summed E-state index contributed by atoms with van der Waals surface area (Å²) in [6.07, 6.45) is 77.4. The van der Waals surface area contributed by atoms with Crippen molar-refractivity contribution in [2.24, 2.45) is 0 Å². The van der Waals surface area contributed by atoms with Crippen molar-refractivity contribution in [3.05, 3.63) is 48.6 Å². The maximum absolute atomic E-state index is 13.0. The van der Waals surface area contributed by atoms with Crippen LogP contribution >= 0.6 is 7.82 Å². The summed E-state index contributed by atoms with van der Waals surface area (Å²) in [7, 11) is 1.31. The first-order chi connectivity index (χ1) is 37.0. The van der Waals surface area contributed by atoms with Gasteiger partial charge in [-0.15, -0.1) is 0 Å². The van der Waals surface area contributed by atoms with Crippen molar-refractivity contribution in [1.29, 1.82) is 0 Å². The van der Waals surface area contributed by atoms with Gasteiger partial charge < -0.3 is 28.8 Å². The number of hydrogen-bond acceptors (Lipinski definition) is 6. The maximum Gasteiger partial charge on any atom is 0.268 e. The summed E-state index contributed by atoms with van der Waals surface area (Å²) in [5, 5.41) is 14.1. The fraction of sp³-hybridized carbons (Fsp3) is 0.866. The molecule has 0 heterocycles. The fourth-order valence-corrected chi connectivity index (χ4v) is 10.7. The molecule has 0 aromatic carbocycles. The number of carbonyl (C=O) groups excluding carboxylic acids is 1. The van der Waals surface area contributed by atoms with E-state index in [1.165, 1.54) is 231 Å². The molecule has 0 aromatic heterocycles. The third-order valence-electron chi connectivity index (χ3n) is 15.1. The standard InChI is InChI=1S/C67H129N2O6P/c1-6-8-10-12-14-16-18-20-22-24-26-28-30-32-33-34-35-37-38-40-42-44-46-48-50-52-54-56-58-60-66(70)65(64-75-76(72,73)74-63-62-69(3,4)5)68-67(71)61-59-57-55-53-51-49-47-45-43-41-39-36-31-29-27-25-23-21-19-17-15-13-11-9-7-2/h9,11,15,17,21,23,27,29,65-66,70H,6-8,10,12-14,16,18-20,22,24-26,28,30-64H2,1-5H3,(H-,68,71,72,73)/b11-9-,17-15-,23-21-,29-27-. The molecule has 3 unspecified atom stereocenters. The Morgan fingerprint density at radius 1 is 0.474 bits per heavy atom. The van der Waals surface area contributed by atoms with Crippen LogP contribution in [0, 0.1) is 0 Å². The van der Waals surface area contributed by atoms with E-state index in [2.05, 4.69) is 67.8 Å². The third kappa shape index (κ3) is 60.1. The average molecular weight is 1090 g/mol. The van der Waals surface area contributed by atoms with Crippen molar-refractivity contribution >= 4 is 13.7 Å². The highest BCUT2D eigenvalue weighted by Crippen LogP contribution is 2.38. The minimum atomic E-state index is -4.58. The Morgan fingerprint density at radius 2 is 0.803 bits per heavy atom. The first-order valence-corrected chi connectivity index (χ1v) is 34.4. The normalized spacial score (nSPS) is 14.0. The zero-order valence-corrected chi connectivity index (χ0v) is 52.1. The topological polar surface area (TPSA) is 108 Å². The summed E-state index contributed by atoms with van der Waals surface area (Å²) in [4.78, 5) is 25.6. The van der Waals surface area contributed by atoms with Gasteiger partial charge >= 0.3 is 0 Å².